The van der Waals surface area contributed by atoms with Crippen molar-refractivity contribution in [2.24, 2.45) is 0 Å². The van der Waals surface area contributed by atoms with E-state index >= 15 is 0 Å². The Labute approximate surface area is 92.4 Å². The van der Waals surface area contributed by atoms with Crippen LogP contribution in [0.15, 0.2) is 23.2 Å². The van der Waals surface area contributed by atoms with E-state index in [1.807, 2.05) is 19.1 Å². The quantitative estimate of drug-likeness (QED) is 0.841. The summed E-state index contributed by atoms with van der Waals surface area (Å²) in [5.74, 6) is 0. The zero-order valence-corrected chi connectivity index (χ0v) is 9.64. The molecule has 1 heterocycles. The summed E-state index contributed by atoms with van der Waals surface area (Å²) in [4.78, 5) is 1.24. The molecule has 0 bridgehead atoms. The van der Waals surface area contributed by atoms with E-state index in [9.17, 15) is 0 Å². The lowest BCUT2D eigenvalue weighted by Crippen LogP contribution is -2.14. The van der Waals surface area contributed by atoms with Crippen LogP contribution in [0.4, 0.5) is 0 Å². The number of hydrogen-bond donors (Lipinski definition) is 1. The average molecular weight is 236 g/mol. The van der Waals surface area contributed by atoms with Crippen LogP contribution in [-0.2, 0) is 6.54 Å². The van der Waals surface area contributed by atoms with Crippen LogP contribution in [0.1, 0.15) is 11.8 Å². The average Bonchev–Trinajstić information content (AvgIpc) is 2.51. The molecular formula is C9H11Cl2NS. The number of thiophene rings is 1. The summed E-state index contributed by atoms with van der Waals surface area (Å²) >= 11 is 12.9. The molecule has 0 aliphatic heterocycles. The molecule has 72 valence electrons. The second-order valence-corrected chi connectivity index (χ2v) is 4.78. The molecule has 1 rings (SSSR count). The summed E-state index contributed by atoms with van der Waals surface area (Å²) in [6.07, 6.45) is 0. The van der Waals surface area contributed by atoms with Crippen LogP contribution in [0.25, 0.3) is 0 Å². The maximum Gasteiger partial charge on any atom is 0.0931 e. The van der Waals surface area contributed by atoms with Gasteiger partial charge >= 0.3 is 0 Å². The van der Waals surface area contributed by atoms with E-state index in [1.165, 1.54) is 4.88 Å². The summed E-state index contributed by atoms with van der Waals surface area (Å²) in [6, 6.07) is 3.94. The lowest BCUT2D eigenvalue weighted by molar-refractivity contribution is 0.749. The highest BCUT2D eigenvalue weighted by Crippen LogP contribution is 2.20. The van der Waals surface area contributed by atoms with Gasteiger partial charge in [0.2, 0.25) is 0 Å². The van der Waals surface area contributed by atoms with E-state index in [4.69, 9.17) is 23.2 Å². The summed E-state index contributed by atoms with van der Waals surface area (Å²) in [5.41, 5.74) is 2.72. The molecule has 1 aromatic heterocycles. The van der Waals surface area contributed by atoms with Gasteiger partial charge in [0.05, 0.1) is 4.34 Å². The van der Waals surface area contributed by atoms with Crippen molar-refractivity contribution in [3.8, 4) is 0 Å². The molecule has 1 nitrogen and oxygen atoms in total. The monoisotopic (exact) mass is 235 g/mol. The molecule has 0 amide bonds. The van der Waals surface area contributed by atoms with Gasteiger partial charge in [-0.1, -0.05) is 23.2 Å². The first-order valence-corrected chi connectivity index (χ1v) is 5.56. The van der Waals surface area contributed by atoms with Crippen molar-refractivity contribution >= 4 is 34.5 Å². The molecular weight excluding hydrogens is 225 g/mol. The van der Waals surface area contributed by atoms with Crippen LogP contribution < -0.4 is 5.32 Å². The fourth-order valence-corrected chi connectivity index (χ4v) is 2.00. The Bertz CT molecular complexity index is 294. The van der Waals surface area contributed by atoms with Crippen LogP contribution in [0.2, 0.25) is 4.34 Å². The van der Waals surface area contributed by atoms with Gasteiger partial charge in [-0.2, -0.15) is 0 Å². The van der Waals surface area contributed by atoms with E-state index in [-0.39, 0.29) is 0 Å². The van der Waals surface area contributed by atoms with Gasteiger partial charge in [-0.05, 0) is 24.6 Å². The second-order valence-electron chi connectivity index (χ2n) is 2.76. The highest BCUT2D eigenvalue weighted by molar-refractivity contribution is 7.16. The van der Waals surface area contributed by atoms with Crippen LogP contribution >= 0.6 is 34.5 Å². The van der Waals surface area contributed by atoms with Crippen molar-refractivity contribution in [3.63, 3.8) is 0 Å². The Balaban J connectivity index is 2.28. The highest BCUT2D eigenvalue weighted by Gasteiger charge is 1.96. The molecule has 0 aliphatic rings. The third-order valence-electron chi connectivity index (χ3n) is 1.52. The van der Waals surface area contributed by atoms with Gasteiger partial charge in [0.25, 0.3) is 0 Å². The molecule has 4 heteroatoms. The zero-order valence-electron chi connectivity index (χ0n) is 7.31. The summed E-state index contributed by atoms with van der Waals surface area (Å²) in [7, 11) is 0. The van der Waals surface area contributed by atoms with Gasteiger partial charge in [-0.3, -0.25) is 0 Å². The zero-order chi connectivity index (χ0) is 9.68. The lowest BCUT2D eigenvalue weighted by Gasteiger charge is -2.01. The molecule has 0 fully saturated rings. The van der Waals surface area contributed by atoms with Crippen molar-refractivity contribution in [1.82, 2.24) is 5.32 Å². The van der Waals surface area contributed by atoms with E-state index in [0.29, 0.717) is 0 Å². The van der Waals surface area contributed by atoms with Crippen molar-refractivity contribution in [2.75, 3.05) is 6.54 Å². The van der Waals surface area contributed by atoms with Crippen LogP contribution in [-0.4, -0.2) is 6.54 Å². The molecule has 0 saturated carbocycles. The van der Waals surface area contributed by atoms with E-state index < -0.39 is 0 Å². The normalized spacial score (nSPS) is 12.1. The van der Waals surface area contributed by atoms with Gasteiger partial charge in [-0.15, -0.1) is 11.3 Å². The standard InChI is InChI=1S/C9H11Cl2NS/c1-7(4-10)5-12-6-8-2-3-9(11)13-8/h2-4,12H,5-6H2,1H3/b7-4-. The fraction of sp³-hybridized carbons (Fsp3) is 0.333. The molecule has 0 spiro atoms. The number of hydrogen-bond acceptors (Lipinski definition) is 2. The molecule has 13 heavy (non-hydrogen) atoms. The minimum absolute atomic E-state index is 0.818. The molecule has 0 aliphatic carbocycles. The molecule has 1 aromatic rings. The second kappa shape index (κ2) is 5.66. The highest BCUT2D eigenvalue weighted by atomic mass is 35.5. The first kappa shape index (κ1) is 11.1. The lowest BCUT2D eigenvalue weighted by atomic mass is 10.3. The van der Waals surface area contributed by atoms with Crippen LogP contribution in [0.3, 0.4) is 0 Å². The maximum absolute atomic E-state index is 5.79. The molecule has 0 aromatic carbocycles. The smallest absolute Gasteiger partial charge is 0.0931 e. The van der Waals surface area contributed by atoms with Gasteiger partial charge in [0.15, 0.2) is 0 Å². The molecule has 1 N–H and O–H groups in total. The van der Waals surface area contributed by atoms with E-state index in [0.717, 1.165) is 23.0 Å². The van der Waals surface area contributed by atoms with Crippen molar-refractivity contribution in [1.29, 1.82) is 0 Å². The third kappa shape index (κ3) is 4.14. The first-order chi connectivity index (χ1) is 6.22. The van der Waals surface area contributed by atoms with Gasteiger partial charge in [-0.25, -0.2) is 0 Å². The van der Waals surface area contributed by atoms with Gasteiger partial charge < -0.3 is 5.32 Å². The predicted molar refractivity (Wildman–Crippen MR) is 60.6 cm³/mol. The first-order valence-electron chi connectivity index (χ1n) is 3.93. The minimum atomic E-state index is 0.818. The van der Waals surface area contributed by atoms with Crippen molar-refractivity contribution in [2.45, 2.75) is 13.5 Å². The fourth-order valence-electron chi connectivity index (χ4n) is 0.868. The Morgan fingerprint density at radius 3 is 2.92 bits per heavy atom. The summed E-state index contributed by atoms with van der Waals surface area (Å²) in [5, 5.41) is 3.26. The van der Waals surface area contributed by atoms with E-state index in [1.54, 1.807) is 16.9 Å². The van der Waals surface area contributed by atoms with Gasteiger partial charge in [0.1, 0.15) is 0 Å². The predicted octanol–water partition coefficient (Wildman–Crippen LogP) is 3.63. The molecule has 0 atom stereocenters. The Morgan fingerprint density at radius 1 is 1.62 bits per heavy atom. The maximum atomic E-state index is 5.79. The Kier molecular flexibility index (Phi) is 4.81. The Hall–Kier alpha value is -0.0200. The molecule has 0 saturated heterocycles. The number of nitrogens with one attached hydrogen (secondary N) is 1. The third-order valence-corrected chi connectivity index (χ3v) is 3.12. The van der Waals surface area contributed by atoms with E-state index in [2.05, 4.69) is 5.32 Å². The molecule has 0 radical (unpaired) electrons. The largest absolute Gasteiger partial charge is 0.308 e. The van der Waals surface area contributed by atoms with Crippen molar-refractivity contribution in [3.05, 3.63) is 32.5 Å². The number of rotatable bonds is 4. The number of halogens is 2. The topological polar surface area (TPSA) is 12.0 Å². The summed E-state index contributed by atoms with van der Waals surface area (Å²) in [6.45, 7) is 3.65. The minimum Gasteiger partial charge on any atom is -0.308 e. The molecule has 0 unspecified atom stereocenters. The SMILES string of the molecule is C/C(=C/Cl)CNCc1ccc(Cl)s1. The van der Waals surface area contributed by atoms with Gasteiger partial charge in [0, 0.05) is 23.5 Å². The van der Waals surface area contributed by atoms with Crippen LogP contribution in [0.5, 0.6) is 0 Å². The van der Waals surface area contributed by atoms with Crippen LogP contribution in [0, 0.1) is 0 Å². The summed E-state index contributed by atoms with van der Waals surface area (Å²) < 4.78 is 0.835. The van der Waals surface area contributed by atoms with Crippen molar-refractivity contribution < 1.29 is 0 Å². The Morgan fingerprint density at radius 2 is 2.38 bits per heavy atom.